The lowest BCUT2D eigenvalue weighted by Gasteiger charge is -1.98. The van der Waals surface area contributed by atoms with Gasteiger partial charge in [-0.15, -0.1) is 10.2 Å². The number of hydrogen-bond acceptors (Lipinski definition) is 5. The average molecular weight is 232 g/mol. The highest BCUT2D eigenvalue weighted by atomic mass is 16.4. The molecule has 0 aliphatic rings. The van der Waals surface area contributed by atoms with Gasteiger partial charge in [-0.05, 0) is 39.1 Å². The zero-order valence-electron chi connectivity index (χ0n) is 10.1. The first-order chi connectivity index (χ1) is 8.31. The molecule has 0 aliphatic carbocycles. The van der Waals surface area contributed by atoms with Crippen molar-refractivity contribution in [2.24, 2.45) is 0 Å². The minimum atomic E-state index is 0.551. The Balaban J connectivity index is 2.10. The van der Waals surface area contributed by atoms with Crippen LogP contribution < -0.4 is 5.32 Å². The van der Waals surface area contributed by atoms with E-state index in [1.54, 1.807) is 6.20 Å². The number of pyridine rings is 1. The molecule has 2 aromatic heterocycles. The zero-order valence-corrected chi connectivity index (χ0v) is 10.1. The van der Waals surface area contributed by atoms with Gasteiger partial charge in [0.05, 0.1) is 5.56 Å². The summed E-state index contributed by atoms with van der Waals surface area (Å²) in [4.78, 5) is 4.20. The van der Waals surface area contributed by atoms with Crippen molar-refractivity contribution < 1.29 is 4.42 Å². The molecule has 0 unspecified atom stereocenters. The largest absolute Gasteiger partial charge is 0.421 e. The second-order valence-electron chi connectivity index (χ2n) is 3.84. The maximum atomic E-state index is 5.61. The Morgan fingerprint density at radius 1 is 1.35 bits per heavy atom. The van der Waals surface area contributed by atoms with Gasteiger partial charge >= 0.3 is 0 Å². The van der Waals surface area contributed by atoms with E-state index in [9.17, 15) is 0 Å². The Bertz CT molecular complexity index is 481. The second-order valence-corrected chi connectivity index (χ2v) is 3.84. The van der Waals surface area contributed by atoms with Crippen LogP contribution in [0, 0.1) is 6.92 Å². The van der Waals surface area contributed by atoms with Crippen molar-refractivity contribution in [3.05, 3.63) is 29.9 Å². The van der Waals surface area contributed by atoms with E-state index in [1.807, 2.05) is 26.1 Å². The van der Waals surface area contributed by atoms with Crippen LogP contribution in [0.5, 0.6) is 0 Å². The molecule has 0 saturated carbocycles. The van der Waals surface area contributed by atoms with Gasteiger partial charge in [-0.1, -0.05) is 0 Å². The second kappa shape index (κ2) is 5.54. The zero-order chi connectivity index (χ0) is 12.1. The molecule has 0 spiro atoms. The molecule has 2 aromatic rings. The Morgan fingerprint density at radius 2 is 2.24 bits per heavy atom. The number of nitrogens with zero attached hydrogens (tertiary/aromatic N) is 3. The van der Waals surface area contributed by atoms with E-state index in [-0.39, 0.29) is 0 Å². The summed E-state index contributed by atoms with van der Waals surface area (Å²) in [5.74, 6) is 1.23. The summed E-state index contributed by atoms with van der Waals surface area (Å²) < 4.78 is 5.61. The third-order valence-corrected chi connectivity index (χ3v) is 2.52. The molecule has 0 amide bonds. The molecule has 1 N–H and O–H groups in total. The summed E-state index contributed by atoms with van der Waals surface area (Å²) in [7, 11) is 1.93. The molecule has 90 valence electrons. The van der Waals surface area contributed by atoms with Crippen molar-refractivity contribution in [1.82, 2.24) is 20.5 Å². The molecule has 2 heterocycles. The van der Waals surface area contributed by atoms with Crippen molar-refractivity contribution in [2.75, 3.05) is 13.6 Å². The monoisotopic (exact) mass is 232 g/mol. The highest BCUT2D eigenvalue weighted by molar-refractivity contribution is 5.54. The molecule has 2 rings (SSSR count). The molecule has 0 saturated heterocycles. The van der Waals surface area contributed by atoms with E-state index in [2.05, 4.69) is 20.5 Å². The summed E-state index contributed by atoms with van der Waals surface area (Å²) in [5.41, 5.74) is 1.80. The molecule has 17 heavy (non-hydrogen) atoms. The summed E-state index contributed by atoms with van der Waals surface area (Å²) in [6.07, 6.45) is 3.54. The smallest absolute Gasteiger partial charge is 0.249 e. The fourth-order valence-electron chi connectivity index (χ4n) is 1.59. The molecule has 0 radical (unpaired) electrons. The van der Waals surface area contributed by atoms with Gasteiger partial charge in [-0.3, -0.25) is 4.98 Å². The number of aromatic nitrogens is 3. The number of nitrogens with one attached hydrogen (secondary N) is 1. The van der Waals surface area contributed by atoms with Crippen molar-refractivity contribution >= 4 is 0 Å². The van der Waals surface area contributed by atoms with Crippen LogP contribution in [0.25, 0.3) is 11.5 Å². The minimum Gasteiger partial charge on any atom is -0.421 e. The van der Waals surface area contributed by atoms with Crippen LogP contribution in [-0.2, 0) is 6.42 Å². The van der Waals surface area contributed by atoms with Gasteiger partial charge < -0.3 is 9.73 Å². The molecule has 0 aliphatic heterocycles. The Hall–Kier alpha value is -1.75. The molecule has 5 heteroatoms. The lowest BCUT2D eigenvalue weighted by atomic mass is 10.2. The first kappa shape index (κ1) is 11.7. The molecular weight excluding hydrogens is 216 g/mol. The van der Waals surface area contributed by atoms with E-state index >= 15 is 0 Å². The van der Waals surface area contributed by atoms with Gasteiger partial charge in [0.15, 0.2) is 0 Å². The van der Waals surface area contributed by atoms with Crippen LogP contribution in [0.4, 0.5) is 0 Å². The third kappa shape index (κ3) is 2.88. The fourth-order valence-corrected chi connectivity index (χ4v) is 1.59. The predicted octanol–water partition coefficient (Wildman–Crippen LogP) is 1.59. The third-order valence-electron chi connectivity index (χ3n) is 2.52. The number of aryl methyl sites for hydroxylation is 2. The predicted molar refractivity (Wildman–Crippen MR) is 64.5 cm³/mol. The maximum Gasteiger partial charge on any atom is 0.249 e. The van der Waals surface area contributed by atoms with Gasteiger partial charge in [0, 0.05) is 18.3 Å². The van der Waals surface area contributed by atoms with Crippen LogP contribution >= 0.6 is 0 Å². The normalized spacial score (nSPS) is 10.7. The molecule has 5 nitrogen and oxygen atoms in total. The Labute approximate surface area is 100 Å². The number of rotatable bonds is 5. The van der Waals surface area contributed by atoms with E-state index in [0.717, 1.165) is 30.6 Å². The Kier molecular flexibility index (Phi) is 3.82. The topological polar surface area (TPSA) is 63.8 Å². The van der Waals surface area contributed by atoms with Crippen molar-refractivity contribution in [1.29, 1.82) is 0 Å². The molecule has 0 atom stereocenters. The highest BCUT2D eigenvalue weighted by Crippen LogP contribution is 2.20. The SMILES string of the molecule is CNCCCc1nnc(-c2cccnc2C)o1. The van der Waals surface area contributed by atoms with Crippen LogP contribution in [0.2, 0.25) is 0 Å². The molecule has 0 bridgehead atoms. The standard InChI is InChI=1S/C12H16N4O/c1-9-10(5-3-8-14-9)12-16-15-11(17-12)6-4-7-13-2/h3,5,8,13H,4,6-7H2,1-2H3. The van der Waals surface area contributed by atoms with E-state index in [4.69, 9.17) is 4.42 Å². The lowest BCUT2D eigenvalue weighted by molar-refractivity contribution is 0.494. The van der Waals surface area contributed by atoms with Gasteiger partial charge in [-0.25, -0.2) is 0 Å². The van der Waals surface area contributed by atoms with E-state index in [1.165, 1.54) is 0 Å². The van der Waals surface area contributed by atoms with E-state index < -0.39 is 0 Å². The summed E-state index contributed by atoms with van der Waals surface area (Å²) >= 11 is 0. The van der Waals surface area contributed by atoms with Crippen LogP contribution in [0.15, 0.2) is 22.7 Å². The van der Waals surface area contributed by atoms with Gasteiger partial charge in [-0.2, -0.15) is 0 Å². The molecule has 0 aromatic carbocycles. The fraction of sp³-hybridized carbons (Fsp3) is 0.417. The van der Waals surface area contributed by atoms with Crippen LogP contribution in [0.3, 0.4) is 0 Å². The lowest BCUT2D eigenvalue weighted by Crippen LogP contribution is -2.08. The summed E-state index contributed by atoms with van der Waals surface area (Å²) in [6, 6.07) is 3.81. The number of hydrogen-bond donors (Lipinski definition) is 1. The molecule has 0 fully saturated rings. The van der Waals surface area contributed by atoms with Crippen LogP contribution in [-0.4, -0.2) is 28.8 Å². The minimum absolute atomic E-state index is 0.551. The summed E-state index contributed by atoms with van der Waals surface area (Å²) in [5, 5.41) is 11.2. The average Bonchev–Trinajstić information content (AvgIpc) is 2.79. The van der Waals surface area contributed by atoms with Crippen molar-refractivity contribution in [2.45, 2.75) is 19.8 Å². The quantitative estimate of drug-likeness (QED) is 0.793. The van der Waals surface area contributed by atoms with Crippen LogP contribution in [0.1, 0.15) is 18.0 Å². The van der Waals surface area contributed by atoms with Crippen molar-refractivity contribution in [3.63, 3.8) is 0 Å². The van der Waals surface area contributed by atoms with E-state index in [0.29, 0.717) is 11.8 Å². The summed E-state index contributed by atoms with van der Waals surface area (Å²) in [6.45, 7) is 2.88. The maximum absolute atomic E-state index is 5.61. The van der Waals surface area contributed by atoms with Gasteiger partial charge in [0.2, 0.25) is 11.8 Å². The van der Waals surface area contributed by atoms with Crippen molar-refractivity contribution in [3.8, 4) is 11.5 Å². The Morgan fingerprint density at radius 3 is 3.00 bits per heavy atom. The highest BCUT2D eigenvalue weighted by Gasteiger charge is 2.10. The molecular formula is C12H16N4O. The van der Waals surface area contributed by atoms with Gasteiger partial charge in [0.25, 0.3) is 0 Å². The first-order valence-electron chi connectivity index (χ1n) is 5.70. The first-order valence-corrected chi connectivity index (χ1v) is 5.70. The van der Waals surface area contributed by atoms with Gasteiger partial charge in [0.1, 0.15) is 0 Å².